The highest BCUT2D eigenvalue weighted by molar-refractivity contribution is 4.55. The highest BCUT2D eigenvalue weighted by Gasteiger charge is 1.96. The van der Waals surface area contributed by atoms with Crippen molar-refractivity contribution in [3.05, 3.63) is 0 Å². The molecule has 0 saturated carbocycles. The summed E-state index contributed by atoms with van der Waals surface area (Å²) < 4.78 is 5.12. The van der Waals surface area contributed by atoms with Gasteiger partial charge in [0.15, 0.2) is 0 Å². The van der Waals surface area contributed by atoms with Crippen molar-refractivity contribution in [1.82, 2.24) is 10.6 Å². The van der Waals surface area contributed by atoms with Crippen LogP contribution in [0.1, 0.15) is 26.7 Å². The second-order valence-electron chi connectivity index (χ2n) is 3.31. The van der Waals surface area contributed by atoms with Crippen molar-refractivity contribution in [2.75, 3.05) is 33.3 Å². The lowest BCUT2D eigenvalue weighted by Gasteiger charge is -2.10. The zero-order valence-electron chi connectivity index (χ0n) is 9.23. The molecule has 0 rings (SSSR count). The summed E-state index contributed by atoms with van der Waals surface area (Å²) in [4.78, 5) is 0. The third-order valence-corrected chi connectivity index (χ3v) is 2.04. The molecule has 80 valence electrons. The van der Waals surface area contributed by atoms with E-state index in [1.54, 1.807) is 7.11 Å². The minimum absolute atomic E-state index is 0.328. The Morgan fingerprint density at radius 3 is 2.31 bits per heavy atom. The van der Waals surface area contributed by atoms with Crippen LogP contribution in [0.4, 0.5) is 0 Å². The standard InChI is InChI=1S/C10H24N2O/c1-4-11-7-5-6-8-12-9-10(2)13-3/h10-12H,4-9H2,1-3H3. The molecule has 0 aromatic carbocycles. The van der Waals surface area contributed by atoms with Gasteiger partial charge in [0.05, 0.1) is 6.10 Å². The molecular formula is C10H24N2O. The first kappa shape index (κ1) is 12.9. The van der Waals surface area contributed by atoms with Crippen molar-refractivity contribution in [3.63, 3.8) is 0 Å². The van der Waals surface area contributed by atoms with Gasteiger partial charge in [-0.15, -0.1) is 0 Å². The minimum Gasteiger partial charge on any atom is -0.380 e. The molecule has 0 heterocycles. The van der Waals surface area contributed by atoms with Crippen molar-refractivity contribution in [1.29, 1.82) is 0 Å². The molecule has 0 spiro atoms. The van der Waals surface area contributed by atoms with E-state index in [4.69, 9.17) is 4.74 Å². The van der Waals surface area contributed by atoms with Gasteiger partial charge in [-0.2, -0.15) is 0 Å². The van der Waals surface area contributed by atoms with Gasteiger partial charge in [-0.3, -0.25) is 0 Å². The quantitative estimate of drug-likeness (QED) is 0.530. The summed E-state index contributed by atoms with van der Waals surface area (Å²) in [6.07, 6.45) is 2.82. The molecule has 3 heteroatoms. The largest absolute Gasteiger partial charge is 0.380 e. The molecule has 0 fully saturated rings. The topological polar surface area (TPSA) is 33.3 Å². The van der Waals surface area contributed by atoms with E-state index >= 15 is 0 Å². The lowest BCUT2D eigenvalue weighted by atomic mass is 10.3. The lowest BCUT2D eigenvalue weighted by Crippen LogP contribution is -2.27. The molecule has 13 heavy (non-hydrogen) atoms. The number of unbranched alkanes of at least 4 members (excludes halogenated alkanes) is 1. The second-order valence-corrected chi connectivity index (χ2v) is 3.31. The molecule has 3 nitrogen and oxygen atoms in total. The van der Waals surface area contributed by atoms with E-state index in [1.807, 2.05) is 0 Å². The van der Waals surface area contributed by atoms with Gasteiger partial charge in [-0.1, -0.05) is 6.92 Å². The van der Waals surface area contributed by atoms with Crippen LogP contribution in [0, 0.1) is 0 Å². The van der Waals surface area contributed by atoms with E-state index in [2.05, 4.69) is 24.5 Å². The Morgan fingerprint density at radius 1 is 1.15 bits per heavy atom. The molecule has 0 aromatic heterocycles. The Morgan fingerprint density at radius 2 is 1.77 bits per heavy atom. The van der Waals surface area contributed by atoms with E-state index in [9.17, 15) is 0 Å². The minimum atomic E-state index is 0.328. The molecule has 0 bridgehead atoms. The highest BCUT2D eigenvalue weighted by atomic mass is 16.5. The molecule has 0 radical (unpaired) electrons. The third-order valence-electron chi connectivity index (χ3n) is 2.04. The average molecular weight is 188 g/mol. The second kappa shape index (κ2) is 9.96. The summed E-state index contributed by atoms with van der Waals surface area (Å²) in [5, 5.41) is 6.67. The maximum atomic E-state index is 5.12. The van der Waals surface area contributed by atoms with E-state index < -0.39 is 0 Å². The first-order valence-electron chi connectivity index (χ1n) is 5.25. The van der Waals surface area contributed by atoms with Crippen LogP contribution >= 0.6 is 0 Å². The van der Waals surface area contributed by atoms with Crippen molar-refractivity contribution in [3.8, 4) is 0 Å². The van der Waals surface area contributed by atoms with Gasteiger partial charge in [-0.25, -0.2) is 0 Å². The van der Waals surface area contributed by atoms with Gasteiger partial charge < -0.3 is 15.4 Å². The number of rotatable bonds is 9. The first-order valence-corrected chi connectivity index (χ1v) is 5.25. The molecule has 0 aromatic rings. The fraction of sp³-hybridized carbons (Fsp3) is 1.00. The van der Waals surface area contributed by atoms with Gasteiger partial charge >= 0.3 is 0 Å². The third kappa shape index (κ3) is 9.80. The van der Waals surface area contributed by atoms with E-state index in [1.165, 1.54) is 12.8 Å². The monoisotopic (exact) mass is 188 g/mol. The summed E-state index contributed by atoms with van der Waals surface area (Å²) >= 11 is 0. The van der Waals surface area contributed by atoms with E-state index in [-0.39, 0.29) is 0 Å². The molecule has 1 unspecified atom stereocenters. The fourth-order valence-electron chi connectivity index (χ4n) is 1.07. The van der Waals surface area contributed by atoms with Gasteiger partial charge in [0.1, 0.15) is 0 Å². The van der Waals surface area contributed by atoms with Crippen LogP contribution in [0.2, 0.25) is 0 Å². The van der Waals surface area contributed by atoms with Crippen LogP contribution in [0.15, 0.2) is 0 Å². The van der Waals surface area contributed by atoms with Crippen molar-refractivity contribution in [2.24, 2.45) is 0 Å². The van der Waals surface area contributed by atoms with Crippen molar-refractivity contribution >= 4 is 0 Å². The summed E-state index contributed by atoms with van der Waals surface area (Å²) in [5.41, 5.74) is 0. The Hall–Kier alpha value is -0.120. The Labute approximate surface area is 82.2 Å². The average Bonchev–Trinajstić information content (AvgIpc) is 2.16. The molecule has 0 aliphatic rings. The normalized spacial score (nSPS) is 13.2. The Bertz CT molecular complexity index is 98.9. The first-order chi connectivity index (χ1) is 6.31. The zero-order chi connectivity index (χ0) is 9.94. The van der Waals surface area contributed by atoms with Crippen LogP contribution in [0.3, 0.4) is 0 Å². The highest BCUT2D eigenvalue weighted by Crippen LogP contribution is 1.87. The van der Waals surface area contributed by atoms with E-state index in [0.717, 1.165) is 26.2 Å². The maximum absolute atomic E-state index is 5.12. The van der Waals surface area contributed by atoms with Crippen LogP contribution < -0.4 is 10.6 Å². The Balaban J connectivity index is 2.91. The van der Waals surface area contributed by atoms with Gasteiger partial charge in [-0.05, 0) is 39.4 Å². The molecule has 1 atom stereocenters. The Kier molecular flexibility index (Phi) is 9.87. The molecule has 2 N–H and O–H groups in total. The molecular weight excluding hydrogens is 164 g/mol. The lowest BCUT2D eigenvalue weighted by molar-refractivity contribution is 0.117. The van der Waals surface area contributed by atoms with Crippen LogP contribution in [0.25, 0.3) is 0 Å². The van der Waals surface area contributed by atoms with Crippen molar-refractivity contribution in [2.45, 2.75) is 32.8 Å². The van der Waals surface area contributed by atoms with Crippen LogP contribution in [-0.2, 0) is 4.74 Å². The molecule has 0 aliphatic carbocycles. The summed E-state index contributed by atoms with van der Waals surface area (Å²) in [6.45, 7) is 8.48. The van der Waals surface area contributed by atoms with E-state index in [0.29, 0.717) is 6.10 Å². The number of hydrogen-bond acceptors (Lipinski definition) is 3. The summed E-state index contributed by atoms with van der Waals surface area (Å²) in [5.74, 6) is 0. The molecule has 0 saturated heterocycles. The maximum Gasteiger partial charge on any atom is 0.0667 e. The summed E-state index contributed by atoms with van der Waals surface area (Å²) in [6, 6.07) is 0. The fourth-order valence-corrected chi connectivity index (χ4v) is 1.07. The van der Waals surface area contributed by atoms with Gasteiger partial charge in [0, 0.05) is 13.7 Å². The van der Waals surface area contributed by atoms with Crippen LogP contribution in [-0.4, -0.2) is 39.4 Å². The SMILES string of the molecule is CCNCCCCNCC(C)OC. The number of nitrogens with one attached hydrogen (secondary N) is 2. The number of methoxy groups -OCH3 is 1. The van der Waals surface area contributed by atoms with Crippen molar-refractivity contribution < 1.29 is 4.74 Å². The van der Waals surface area contributed by atoms with Gasteiger partial charge in [0.25, 0.3) is 0 Å². The predicted molar refractivity (Wildman–Crippen MR) is 57.1 cm³/mol. The smallest absolute Gasteiger partial charge is 0.0667 e. The molecule has 0 amide bonds. The zero-order valence-corrected chi connectivity index (χ0v) is 9.23. The van der Waals surface area contributed by atoms with Crippen LogP contribution in [0.5, 0.6) is 0 Å². The predicted octanol–water partition coefficient (Wildman–Crippen LogP) is 1.00. The number of ether oxygens (including phenoxy) is 1. The number of hydrogen-bond donors (Lipinski definition) is 2. The summed E-state index contributed by atoms with van der Waals surface area (Å²) in [7, 11) is 1.75. The molecule has 0 aliphatic heterocycles. The van der Waals surface area contributed by atoms with Gasteiger partial charge in [0.2, 0.25) is 0 Å².